The highest BCUT2D eigenvalue weighted by atomic mass is 16.5. The third-order valence-electron chi connectivity index (χ3n) is 4.02. The van der Waals surface area contributed by atoms with E-state index in [1.54, 1.807) is 0 Å². The second kappa shape index (κ2) is 6.30. The molecule has 1 amide bonds. The molecule has 1 aromatic carbocycles. The Kier molecular flexibility index (Phi) is 4.22. The molecule has 0 spiro atoms. The summed E-state index contributed by atoms with van der Waals surface area (Å²) in [5.41, 5.74) is 2.38. The van der Waals surface area contributed by atoms with Crippen molar-refractivity contribution in [3.8, 4) is 0 Å². The Balaban J connectivity index is 1.65. The molecular weight excluding hydrogens is 278 g/mol. The molecule has 5 nitrogen and oxygen atoms in total. The number of rotatable bonds is 5. The summed E-state index contributed by atoms with van der Waals surface area (Å²) in [4.78, 5) is 18.5. The first-order chi connectivity index (χ1) is 10.7. The number of amides is 1. The Morgan fingerprint density at radius 2 is 2.09 bits per heavy atom. The predicted molar refractivity (Wildman–Crippen MR) is 82.2 cm³/mol. The summed E-state index contributed by atoms with van der Waals surface area (Å²) in [6.07, 6.45) is 2.26. The molecule has 1 aliphatic heterocycles. The molecule has 1 atom stereocenters. The quantitative estimate of drug-likeness (QED) is 0.852. The molecular formula is C17H21N3O2. The van der Waals surface area contributed by atoms with Gasteiger partial charge < -0.3 is 9.42 Å². The maximum Gasteiger partial charge on any atom is 0.232 e. The van der Waals surface area contributed by atoms with Gasteiger partial charge in [-0.3, -0.25) is 4.79 Å². The van der Waals surface area contributed by atoms with E-state index in [-0.39, 0.29) is 11.8 Å². The first kappa shape index (κ1) is 14.8. The largest absolute Gasteiger partial charge is 0.339 e. The van der Waals surface area contributed by atoms with E-state index in [1.807, 2.05) is 4.90 Å². The van der Waals surface area contributed by atoms with Crippen LogP contribution in [0.2, 0.25) is 0 Å². The zero-order valence-electron chi connectivity index (χ0n) is 13.1. The van der Waals surface area contributed by atoms with Gasteiger partial charge in [0.05, 0.1) is 5.92 Å². The fourth-order valence-corrected chi connectivity index (χ4v) is 2.76. The minimum Gasteiger partial charge on any atom is -0.339 e. The van der Waals surface area contributed by atoms with Crippen molar-refractivity contribution in [3.63, 3.8) is 0 Å². The van der Waals surface area contributed by atoms with Gasteiger partial charge >= 0.3 is 0 Å². The second-order valence-electron chi connectivity index (χ2n) is 5.96. The minimum absolute atomic E-state index is 0.0241. The van der Waals surface area contributed by atoms with E-state index in [0.717, 1.165) is 24.2 Å². The highest BCUT2D eigenvalue weighted by Gasteiger charge is 2.34. The molecule has 1 aliphatic rings. The maximum atomic E-state index is 12.2. The van der Waals surface area contributed by atoms with Crippen LogP contribution in [-0.2, 0) is 17.8 Å². The molecule has 5 heteroatoms. The van der Waals surface area contributed by atoms with Gasteiger partial charge in [-0.1, -0.05) is 41.9 Å². The topological polar surface area (TPSA) is 59.2 Å². The van der Waals surface area contributed by atoms with Crippen molar-refractivity contribution in [3.05, 3.63) is 47.1 Å². The van der Waals surface area contributed by atoms with E-state index >= 15 is 0 Å². The van der Waals surface area contributed by atoms with Gasteiger partial charge in [-0.05, 0) is 18.9 Å². The van der Waals surface area contributed by atoms with Gasteiger partial charge in [0, 0.05) is 25.9 Å². The van der Waals surface area contributed by atoms with Crippen LogP contribution in [0.5, 0.6) is 0 Å². The number of hydrogen-bond acceptors (Lipinski definition) is 4. The first-order valence-corrected chi connectivity index (χ1v) is 7.81. The van der Waals surface area contributed by atoms with Gasteiger partial charge in [0.15, 0.2) is 5.82 Å². The van der Waals surface area contributed by atoms with Crippen LogP contribution < -0.4 is 0 Å². The predicted octanol–water partition coefficient (Wildman–Crippen LogP) is 2.85. The summed E-state index contributed by atoms with van der Waals surface area (Å²) < 4.78 is 5.32. The summed E-state index contributed by atoms with van der Waals surface area (Å²) in [5, 5.41) is 3.98. The summed E-state index contributed by atoms with van der Waals surface area (Å²) >= 11 is 0. The molecule has 1 saturated heterocycles. The lowest BCUT2D eigenvalue weighted by atomic mass is 10.1. The monoisotopic (exact) mass is 299 g/mol. The number of aromatic nitrogens is 2. The van der Waals surface area contributed by atoms with Crippen LogP contribution >= 0.6 is 0 Å². The molecule has 2 heterocycles. The third kappa shape index (κ3) is 3.18. The molecule has 116 valence electrons. The third-order valence-corrected chi connectivity index (χ3v) is 4.02. The highest BCUT2D eigenvalue weighted by molar-refractivity contribution is 5.79. The zero-order chi connectivity index (χ0) is 15.5. The molecule has 3 rings (SSSR count). The molecule has 1 fully saturated rings. The van der Waals surface area contributed by atoms with Gasteiger partial charge in [0.25, 0.3) is 0 Å². The molecule has 0 bridgehead atoms. The lowest BCUT2D eigenvalue weighted by Crippen LogP contribution is -2.24. The maximum absolute atomic E-state index is 12.2. The first-order valence-electron chi connectivity index (χ1n) is 7.81. The van der Waals surface area contributed by atoms with E-state index in [0.29, 0.717) is 25.4 Å². The number of benzene rings is 1. The van der Waals surface area contributed by atoms with E-state index in [4.69, 9.17) is 4.52 Å². The van der Waals surface area contributed by atoms with Crippen LogP contribution in [0, 0.1) is 6.92 Å². The van der Waals surface area contributed by atoms with Crippen molar-refractivity contribution in [2.24, 2.45) is 0 Å². The Labute approximate surface area is 130 Å². The molecule has 1 unspecified atom stereocenters. The number of carbonyl (C=O) groups is 1. The molecule has 0 saturated carbocycles. The van der Waals surface area contributed by atoms with Crippen LogP contribution in [0.3, 0.4) is 0 Å². The fourth-order valence-electron chi connectivity index (χ4n) is 2.76. The molecule has 1 aromatic heterocycles. The Morgan fingerprint density at radius 1 is 1.32 bits per heavy atom. The SMILES string of the molecule is CCCc1noc(C2CC(=O)N(Cc3ccc(C)cc3)C2)n1. The Hall–Kier alpha value is -2.17. The van der Waals surface area contributed by atoms with Gasteiger partial charge in [-0.15, -0.1) is 0 Å². The van der Waals surface area contributed by atoms with E-state index < -0.39 is 0 Å². The average Bonchev–Trinajstić information content (AvgIpc) is 3.10. The molecule has 2 aromatic rings. The van der Waals surface area contributed by atoms with Crippen molar-refractivity contribution >= 4 is 5.91 Å². The number of likely N-dealkylation sites (tertiary alicyclic amines) is 1. The summed E-state index contributed by atoms with van der Waals surface area (Å²) in [5.74, 6) is 1.52. The Morgan fingerprint density at radius 3 is 2.82 bits per heavy atom. The molecule has 22 heavy (non-hydrogen) atoms. The lowest BCUT2D eigenvalue weighted by molar-refractivity contribution is -0.128. The Bertz CT molecular complexity index is 648. The van der Waals surface area contributed by atoms with Crippen molar-refractivity contribution < 1.29 is 9.32 Å². The number of carbonyl (C=O) groups excluding carboxylic acids is 1. The van der Waals surface area contributed by atoms with Gasteiger partial charge in [-0.25, -0.2) is 0 Å². The molecule has 0 N–H and O–H groups in total. The lowest BCUT2D eigenvalue weighted by Gasteiger charge is -2.16. The smallest absolute Gasteiger partial charge is 0.232 e. The van der Waals surface area contributed by atoms with E-state index in [1.165, 1.54) is 5.56 Å². The summed E-state index contributed by atoms with van der Waals surface area (Å²) in [6, 6.07) is 8.29. The van der Waals surface area contributed by atoms with Crippen molar-refractivity contribution in [1.29, 1.82) is 0 Å². The highest BCUT2D eigenvalue weighted by Crippen LogP contribution is 2.28. The van der Waals surface area contributed by atoms with Crippen LogP contribution in [-0.4, -0.2) is 27.5 Å². The normalized spacial score (nSPS) is 18.2. The summed E-state index contributed by atoms with van der Waals surface area (Å²) in [6.45, 7) is 5.44. The second-order valence-corrected chi connectivity index (χ2v) is 5.96. The average molecular weight is 299 g/mol. The van der Waals surface area contributed by atoms with Crippen LogP contribution in [0.4, 0.5) is 0 Å². The number of hydrogen-bond donors (Lipinski definition) is 0. The standard InChI is InChI=1S/C17H21N3O2/c1-3-4-15-18-17(22-19-15)14-9-16(21)20(11-14)10-13-7-5-12(2)6-8-13/h5-8,14H,3-4,9-11H2,1-2H3. The zero-order valence-corrected chi connectivity index (χ0v) is 13.1. The van der Waals surface area contributed by atoms with Gasteiger partial charge in [0.1, 0.15) is 0 Å². The van der Waals surface area contributed by atoms with Gasteiger partial charge in [0.2, 0.25) is 11.8 Å². The molecule has 0 radical (unpaired) electrons. The minimum atomic E-state index is 0.0241. The van der Waals surface area contributed by atoms with Crippen LogP contribution in [0.25, 0.3) is 0 Å². The van der Waals surface area contributed by atoms with E-state index in [2.05, 4.69) is 48.3 Å². The number of aryl methyl sites for hydroxylation is 2. The molecule has 0 aliphatic carbocycles. The van der Waals surface area contributed by atoms with Crippen LogP contribution in [0.15, 0.2) is 28.8 Å². The fraction of sp³-hybridized carbons (Fsp3) is 0.471. The van der Waals surface area contributed by atoms with E-state index in [9.17, 15) is 4.79 Å². The van der Waals surface area contributed by atoms with Crippen molar-refractivity contribution in [1.82, 2.24) is 15.0 Å². The number of nitrogens with zero attached hydrogens (tertiary/aromatic N) is 3. The van der Waals surface area contributed by atoms with Crippen LogP contribution in [0.1, 0.15) is 48.5 Å². The van der Waals surface area contributed by atoms with Crippen molar-refractivity contribution in [2.75, 3.05) is 6.54 Å². The summed E-state index contributed by atoms with van der Waals surface area (Å²) in [7, 11) is 0. The van der Waals surface area contributed by atoms with Crippen molar-refractivity contribution in [2.45, 2.75) is 45.6 Å². The van der Waals surface area contributed by atoms with Gasteiger partial charge in [-0.2, -0.15) is 4.98 Å².